The second-order valence-corrected chi connectivity index (χ2v) is 6.15. The molecule has 0 saturated heterocycles. The number of unbranched alkanes of at least 4 members (excludes halogenated alkanes) is 1. The Kier molecular flexibility index (Phi) is 10.9. The monoisotopic (exact) mass is 368 g/mol. The maximum Gasteiger partial charge on any atom is 0.317 e. The molecule has 0 spiro atoms. The normalized spacial score (nSPS) is 10.0. The zero-order valence-corrected chi connectivity index (χ0v) is 16.2. The fourth-order valence-electron chi connectivity index (χ4n) is 2.49. The summed E-state index contributed by atoms with van der Waals surface area (Å²) < 4.78 is 5.84. The summed E-state index contributed by atoms with van der Waals surface area (Å²) >= 11 is 0. The third-order valence-electron chi connectivity index (χ3n) is 3.98. The standard InChI is InChI=1S/C19H24BNO.C2H5NO2/c1-3-16-14-18(22-13-5-4-12-21-20)10-11-19(16)17-8-6-15(2)7-9-17;3-1-2(4)5/h6-11,14,21H,3-5,12-13H2,1-2H3;1,3H2,(H,4,5). The molecule has 0 atom stereocenters. The summed E-state index contributed by atoms with van der Waals surface area (Å²) in [7, 11) is 5.25. The van der Waals surface area contributed by atoms with Crippen LogP contribution in [0.2, 0.25) is 0 Å². The minimum absolute atomic E-state index is 0.278. The van der Waals surface area contributed by atoms with Gasteiger partial charge in [0.2, 0.25) is 0 Å². The number of carbonyl (C=O) groups is 1. The van der Waals surface area contributed by atoms with Crippen LogP contribution in [0, 0.1) is 6.92 Å². The second-order valence-electron chi connectivity index (χ2n) is 6.15. The van der Waals surface area contributed by atoms with Crippen molar-refractivity contribution in [2.75, 3.05) is 19.7 Å². The van der Waals surface area contributed by atoms with E-state index in [-0.39, 0.29) is 6.54 Å². The number of carboxylic acid groups (broad SMARTS) is 1. The topological polar surface area (TPSA) is 84.6 Å². The number of nitrogens with one attached hydrogen (secondary N) is 1. The van der Waals surface area contributed by atoms with Crippen LogP contribution in [0.3, 0.4) is 0 Å². The van der Waals surface area contributed by atoms with Crippen LogP contribution in [0.4, 0.5) is 0 Å². The molecule has 2 aromatic carbocycles. The molecule has 144 valence electrons. The molecule has 0 bridgehead atoms. The zero-order valence-electron chi connectivity index (χ0n) is 16.2. The lowest BCUT2D eigenvalue weighted by atomic mass is 9.97. The summed E-state index contributed by atoms with van der Waals surface area (Å²) in [5.74, 6) is -0.0154. The number of hydrogen-bond acceptors (Lipinski definition) is 4. The van der Waals surface area contributed by atoms with Gasteiger partial charge in [-0.15, -0.1) is 0 Å². The third kappa shape index (κ3) is 8.75. The van der Waals surface area contributed by atoms with Crippen LogP contribution in [0.15, 0.2) is 42.5 Å². The average molecular weight is 368 g/mol. The fraction of sp³-hybridized carbons (Fsp3) is 0.381. The summed E-state index contributed by atoms with van der Waals surface area (Å²) in [6.07, 6.45) is 3.03. The van der Waals surface area contributed by atoms with E-state index in [9.17, 15) is 4.79 Å². The number of rotatable bonds is 9. The Bertz CT molecular complexity index is 690. The first-order valence-electron chi connectivity index (χ1n) is 9.19. The van der Waals surface area contributed by atoms with Gasteiger partial charge >= 0.3 is 5.97 Å². The summed E-state index contributed by atoms with van der Waals surface area (Å²) in [6.45, 7) is 5.58. The molecular formula is C21H29BN2O3. The van der Waals surface area contributed by atoms with E-state index in [0.29, 0.717) is 0 Å². The van der Waals surface area contributed by atoms with E-state index in [0.717, 1.165) is 38.2 Å². The SMILES string of the molecule is NCC(=O)O.[B]NCCCCOc1ccc(-c2ccc(C)cc2)c(CC)c1. The Balaban J connectivity index is 0.000000646. The zero-order chi connectivity index (χ0) is 20.1. The molecule has 0 aliphatic carbocycles. The summed E-state index contributed by atoms with van der Waals surface area (Å²) in [5, 5.41) is 10.3. The largest absolute Gasteiger partial charge is 0.494 e. The highest BCUT2D eigenvalue weighted by molar-refractivity contribution is 6.04. The first kappa shape index (κ1) is 22.7. The van der Waals surface area contributed by atoms with Crippen molar-refractivity contribution in [3.8, 4) is 16.9 Å². The summed E-state index contributed by atoms with van der Waals surface area (Å²) in [4.78, 5) is 9.24. The van der Waals surface area contributed by atoms with Crippen molar-refractivity contribution in [2.24, 2.45) is 5.73 Å². The van der Waals surface area contributed by atoms with Crippen molar-refractivity contribution in [1.82, 2.24) is 5.23 Å². The Morgan fingerprint density at radius 3 is 2.41 bits per heavy atom. The van der Waals surface area contributed by atoms with E-state index in [1.807, 2.05) is 0 Å². The van der Waals surface area contributed by atoms with E-state index >= 15 is 0 Å². The number of hydrogen-bond donors (Lipinski definition) is 3. The lowest BCUT2D eigenvalue weighted by Crippen LogP contribution is -2.11. The van der Waals surface area contributed by atoms with Gasteiger partial charge in [-0.3, -0.25) is 4.79 Å². The predicted molar refractivity (Wildman–Crippen MR) is 111 cm³/mol. The van der Waals surface area contributed by atoms with Crippen molar-refractivity contribution in [3.63, 3.8) is 0 Å². The van der Waals surface area contributed by atoms with Gasteiger partial charge in [0.1, 0.15) is 5.75 Å². The molecule has 0 aliphatic rings. The Morgan fingerprint density at radius 2 is 1.85 bits per heavy atom. The third-order valence-corrected chi connectivity index (χ3v) is 3.98. The number of ether oxygens (including phenoxy) is 1. The molecule has 0 fully saturated rings. The molecule has 2 aromatic rings. The van der Waals surface area contributed by atoms with Gasteiger partial charge in [-0.2, -0.15) is 0 Å². The Labute approximate surface area is 163 Å². The maximum absolute atomic E-state index is 9.24. The van der Waals surface area contributed by atoms with Gasteiger partial charge in [0.05, 0.1) is 13.2 Å². The minimum Gasteiger partial charge on any atom is -0.494 e. The van der Waals surface area contributed by atoms with Crippen LogP contribution in [0.5, 0.6) is 5.75 Å². The summed E-state index contributed by atoms with van der Waals surface area (Å²) in [5.41, 5.74) is 9.74. The van der Waals surface area contributed by atoms with Crippen molar-refractivity contribution >= 4 is 14.0 Å². The second kappa shape index (κ2) is 13.0. The molecule has 5 nitrogen and oxygen atoms in total. The van der Waals surface area contributed by atoms with Crippen LogP contribution < -0.4 is 15.7 Å². The highest BCUT2D eigenvalue weighted by Crippen LogP contribution is 2.28. The van der Waals surface area contributed by atoms with E-state index < -0.39 is 5.97 Å². The number of nitrogens with two attached hydrogens (primary N) is 1. The molecule has 0 saturated carbocycles. The van der Waals surface area contributed by atoms with E-state index in [1.165, 1.54) is 22.3 Å². The van der Waals surface area contributed by atoms with Gasteiger partial charge < -0.3 is 20.8 Å². The maximum atomic E-state index is 9.24. The molecule has 0 unspecified atom stereocenters. The van der Waals surface area contributed by atoms with E-state index in [4.69, 9.17) is 17.8 Å². The highest BCUT2D eigenvalue weighted by Gasteiger charge is 2.06. The van der Waals surface area contributed by atoms with Crippen molar-refractivity contribution in [2.45, 2.75) is 33.1 Å². The number of carboxylic acids is 1. The van der Waals surface area contributed by atoms with Gasteiger partial charge in [-0.05, 0) is 61.6 Å². The lowest BCUT2D eigenvalue weighted by molar-refractivity contribution is -0.135. The van der Waals surface area contributed by atoms with E-state index in [1.54, 1.807) is 0 Å². The summed E-state index contributed by atoms with van der Waals surface area (Å²) in [6, 6.07) is 15.1. The predicted octanol–water partition coefficient (Wildman–Crippen LogP) is 3.09. The molecule has 0 aliphatic heterocycles. The molecule has 0 amide bonds. The van der Waals surface area contributed by atoms with Crippen LogP contribution in [-0.4, -0.2) is 38.8 Å². The molecule has 27 heavy (non-hydrogen) atoms. The van der Waals surface area contributed by atoms with Crippen LogP contribution in [0.1, 0.15) is 30.9 Å². The molecular weight excluding hydrogens is 339 g/mol. The molecule has 2 rings (SSSR count). The average Bonchev–Trinajstić information content (AvgIpc) is 2.69. The van der Waals surface area contributed by atoms with Crippen molar-refractivity contribution in [1.29, 1.82) is 0 Å². The Hall–Kier alpha value is -2.31. The minimum atomic E-state index is -0.968. The molecule has 2 radical (unpaired) electrons. The lowest BCUT2D eigenvalue weighted by Gasteiger charge is -2.12. The van der Waals surface area contributed by atoms with Gasteiger partial charge in [-0.25, -0.2) is 0 Å². The van der Waals surface area contributed by atoms with Crippen LogP contribution in [-0.2, 0) is 11.2 Å². The van der Waals surface area contributed by atoms with Gasteiger partial charge in [-0.1, -0.05) is 42.8 Å². The van der Waals surface area contributed by atoms with Gasteiger partial charge in [0, 0.05) is 0 Å². The van der Waals surface area contributed by atoms with Crippen molar-refractivity contribution < 1.29 is 14.6 Å². The number of benzene rings is 2. The number of aliphatic carboxylic acids is 1. The molecule has 6 heteroatoms. The van der Waals surface area contributed by atoms with Crippen LogP contribution >= 0.6 is 0 Å². The quantitative estimate of drug-likeness (QED) is 0.468. The smallest absolute Gasteiger partial charge is 0.317 e. The molecule has 0 heterocycles. The van der Waals surface area contributed by atoms with Gasteiger partial charge in [0.25, 0.3) is 0 Å². The first-order chi connectivity index (χ1) is 13.0. The Morgan fingerprint density at radius 1 is 1.19 bits per heavy atom. The van der Waals surface area contributed by atoms with Crippen molar-refractivity contribution in [3.05, 3.63) is 53.6 Å². The van der Waals surface area contributed by atoms with Gasteiger partial charge in [0.15, 0.2) is 7.98 Å². The molecule has 4 N–H and O–H groups in total. The fourth-order valence-corrected chi connectivity index (χ4v) is 2.49. The van der Waals surface area contributed by atoms with Crippen LogP contribution in [0.25, 0.3) is 11.1 Å². The van der Waals surface area contributed by atoms with E-state index in [2.05, 4.69) is 67.3 Å². The first-order valence-corrected chi connectivity index (χ1v) is 9.19. The molecule has 0 aromatic heterocycles. The number of aryl methyl sites for hydroxylation is 2. The highest BCUT2D eigenvalue weighted by atomic mass is 16.5.